The Morgan fingerprint density at radius 3 is 2.60 bits per heavy atom. The number of rotatable bonds is 4. The van der Waals surface area contributed by atoms with E-state index in [1.54, 1.807) is 31.3 Å². The molecule has 3 aromatic rings. The number of carbonyl (C=O) groups excluding carboxylic acids is 1. The normalized spacial score (nSPS) is 10.5. The van der Waals surface area contributed by atoms with E-state index in [9.17, 15) is 14.9 Å². The number of non-ortho nitro benzene ring substituents is 1. The van der Waals surface area contributed by atoms with Crippen LogP contribution in [0.1, 0.15) is 15.9 Å². The third-order valence-electron chi connectivity index (χ3n) is 3.70. The van der Waals surface area contributed by atoms with Crippen molar-refractivity contribution in [2.24, 2.45) is 5.84 Å². The number of nitrogens with one attached hydrogen (secondary N) is 1. The van der Waals surface area contributed by atoms with E-state index in [1.807, 2.05) is 0 Å². The molecule has 0 unspecified atom stereocenters. The van der Waals surface area contributed by atoms with E-state index < -0.39 is 10.8 Å². The fourth-order valence-corrected chi connectivity index (χ4v) is 2.45. The Bertz CT molecular complexity index is 970. The Morgan fingerprint density at radius 2 is 1.96 bits per heavy atom. The van der Waals surface area contributed by atoms with E-state index in [1.165, 1.54) is 24.3 Å². The Labute approximate surface area is 142 Å². The molecule has 0 saturated carbocycles. The molecule has 0 aliphatic carbocycles. The second kappa shape index (κ2) is 6.54. The summed E-state index contributed by atoms with van der Waals surface area (Å²) in [5, 5.41) is 11.3. The number of hydrogen-bond donors (Lipinski definition) is 2. The van der Waals surface area contributed by atoms with Crippen LogP contribution < -0.4 is 16.0 Å². The van der Waals surface area contributed by atoms with Crippen LogP contribution in [0.3, 0.4) is 0 Å². The van der Waals surface area contributed by atoms with Crippen molar-refractivity contribution in [3.05, 3.63) is 69.9 Å². The average Bonchev–Trinajstić information content (AvgIpc) is 2.61. The summed E-state index contributed by atoms with van der Waals surface area (Å²) in [6, 6.07) is 10.8. The molecular formula is C17H14N4O4. The average molecular weight is 338 g/mol. The van der Waals surface area contributed by atoms with Gasteiger partial charge in [0.2, 0.25) is 0 Å². The van der Waals surface area contributed by atoms with Crippen LogP contribution in [0, 0.1) is 17.0 Å². The number of nitrogens with two attached hydrogens (primary N) is 1. The highest BCUT2D eigenvalue weighted by atomic mass is 16.6. The first kappa shape index (κ1) is 16.3. The predicted octanol–water partition coefficient (Wildman–Crippen LogP) is 2.85. The van der Waals surface area contributed by atoms with Crippen LogP contribution >= 0.6 is 0 Å². The number of pyridine rings is 1. The van der Waals surface area contributed by atoms with Gasteiger partial charge in [0.15, 0.2) is 0 Å². The van der Waals surface area contributed by atoms with Gasteiger partial charge in [0, 0.05) is 29.3 Å². The van der Waals surface area contributed by atoms with Crippen LogP contribution in [0.4, 0.5) is 5.69 Å². The van der Waals surface area contributed by atoms with Crippen molar-refractivity contribution in [1.29, 1.82) is 0 Å². The van der Waals surface area contributed by atoms with Crippen LogP contribution in [-0.4, -0.2) is 15.8 Å². The van der Waals surface area contributed by atoms with Gasteiger partial charge in [0.05, 0.1) is 10.4 Å². The van der Waals surface area contributed by atoms with Gasteiger partial charge in [-0.2, -0.15) is 0 Å². The minimum Gasteiger partial charge on any atom is -0.457 e. The highest BCUT2D eigenvalue weighted by Crippen LogP contribution is 2.31. The summed E-state index contributed by atoms with van der Waals surface area (Å²) >= 11 is 0. The lowest BCUT2D eigenvalue weighted by molar-refractivity contribution is -0.384. The lowest BCUT2D eigenvalue weighted by atomic mass is 10.0. The molecule has 0 radical (unpaired) electrons. The number of aryl methyl sites for hydroxylation is 1. The highest BCUT2D eigenvalue weighted by Gasteiger charge is 2.13. The second-order valence-corrected chi connectivity index (χ2v) is 5.32. The maximum absolute atomic E-state index is 11.9. The maximum atomic E-state index is 11.9. The number of hydrazine groups is 1. The Balaban J connectivity index is 2.03. The van der Waals surface area contributed by atoms with Gasteiger partial charge in [-0.3, -0.25) is 25.3 Å². The number of hydrogen-bond acceptors (Lipinski definition) is 6. The minimum atomic E-state index is -0.480. The van der Waals surface area contributed by atoms with Crippen molar-refractivity contribution in [1.82, 2.24) is 10.4 Å². The molecule has 126 valence electrons. The highest BCUT2D eigenvalue weighted by molar-refractivity contribution is 6.00. The quantitative estimate of drug-likeness (QED) is 0.326. The van der Waals surface area contributed by atoms with Gasteiger partial charge >= 0.3 is 0 Å². The molecule has 0 atom stereocenters. The van der Waals surface area contributed by atoms with Gasteiger partial charge in [-0.1, -0.05) is 0 Å². The SMILES string of the molecule is Cc1cc2nccc(Oc3ccc([N+](=O)[O-])cc3)c2cc1C(=O)NN. The molecule has 1 heterocycles. The third kappa shape index (κ3) is 3.24. The van der Waals surface area contributed by atoms with Crippen molar-refractivity contribution >= 4 is 22.5 Å². The lowest BCUT2D eigenvalue weighted by Crippen LogP contribution is -2.30. The van der Waals surface area contributed by atoms with Crippen LogP contribution in [0.25, 0.3) is 10.9 Å². The zero-order valence-electron chi connectivity index (χ0n) is 13.2. The van der Waals surface area contributed by atoms with E-state index in [2.05, 4.69) is 10.4 Å². The van der Waals surface area contributed by atoms with Gasteiger partial charge in [-0.15, -0.1) is 0 Å². The first-order valence-corrected chi connectivity index (χ1v) is 7.32. The summed E-state index contributed by atoms with van der Waals surface area (Å²) in [4.78, 5) is 26.4. The molecular weight excluding hydrogens is 324 g/mol. The van der Waals surface area contributed by atoms with Gasteiger partial charge in [0.1, 0.15) is 11.5 Å². The van der Waals surface area contributed by atoms with E-state index in [0.717, 1.165) is 5.56 Å². The molecule has 1 amide bonds. The number of carbonyl (C=O) groups is 1. The smallest absolute Gasteiger partial charge is 0.269 e. The number of nitrogens with zero attached hydrogens (tertiary/aromatic N) is 2. The molecule has 0 bridgehead atoms. The number of nitro benzene ring substituents is 1. The lowest BCUT2D eigenvalue weighted by Gasteiger charge is -2.11. The molecule has 0 aliphatic heterocycles. The van der Waals surface area contributed by atoms with Crippen molar-refractivity contribution < 1.29 is 14.5 Å². The van der Waals surface area contributed by atoms with Crippen LogP contribution in [0.5, 0.6) is 11.5 Å². The van der Waals surface area contributed by atoms with Gasteiger partial charge in [0.25, 0.3) is 11.6 Å². The fourth-order valence-electron chi connectivity index (χ4n) is 2.45. The van der Waals surface area contributed by atoms with E-state index in [0.29, 0.717) is 28.0 Å². The molecule has 0 aliphatic rings. The Kier molecular flexibility index (Phi) is 4.27. The Hall–Kier alpha value is -3.52. The summed E-state index contributed by atoms with van der Waals surface area (Å²) in [6.07, 6.45) is 1.59. The first-order chi connectivity index (χ1) is 12.0. The van der Waals surface area contributed by atoms with Crippen molar-refractivity contribution in [2.75, 3.05) is 0 Å². The van der Waals surface area contributed by atoms with E-state index in [-0.39, 0.29) is 5.69 Å². The van der Waals surface area contributed by atoms with Crippen molar-refractivity contribution in [3.8, 4) is 11.5 Å². The monoisotopic (exact) mass is 338 g/mol. The van der Waals surface area contributed by atoms with Gasteiger partial charge < -0.3 is 4.74 Å². The molecule has 2 aromatic carbocycles. The number of benzene rings is 2. The number of aromatic nitrogens is 1. The largest absolute Gasteiger partial charge is 0.457 e. The standard InChI is InChI=1S/C17H14N4O4/c1-10-8-15-14(9-13(10)17(22)20-18)16(6-7-19-15)25-12-4-2-11(3-5-12)21(23)24/h2-9H,18H2,1H3,(H,20,22). The second-order valence-electron chi connectivity index (χ2n) is 5.32. The topological polar surface area (TPSA) is 120 Å². The molecule has 3 N–H and O–H groups in total. The summed E-state index contributed by atoms with van der Waals surface area (Å²) in [5.41, 5.74) is 3.89. The van der Waals surface area contributed by atoms with Crippen molar-refractivity contribution in [2.45, 2.75) is 6.92 Å². The molecule has 8 heteroatoms. The van der Waals surface area contributed by atoms with E-state index in [4.69, 9.17) is 10.6 Å². The molecule has 0 spiro atoms. The molecule has 0 fully saturated rings. The molecule has 0 saturated heterocycles. The van der Waals surface area contributed by atoms with Gasteiger partial charge in [-0.05, 0) is 42.8 Å². The van der Waals surface area contributed by atoms with Crippen LogP contribution in [0.15, 0.2) is 48.7 Å². The maximum Gasteiger partial charge on any atom is 0.269 e. The fraction of sp³-hybridized carbons (Fsp3) is 0.0588. The third-order valence-corrected chi connectivity index (χ3v) is 3.70. The number of nitrogen functional groups attached to an aromatic ring is 1. The van der Waals surface area contributed by atoms with Crippen LogP contribution in [-0.2, 0) is 0 Å². The number of ether oxygens (including phenoxy) is 1. The molecule has 25 heavy (non-hydrogen) atoms. The molecule has 8 nitrogen and oxygen atoms in total. The first-order valence-electron chi connectivity index (χ1n) is 7.32. The minimum absolute atomic E-state index is 0.0236. The zero-order chi connectivity index (χ0) is 18.0. The van der Waals surface area contributed by atoms with Crippen LogP contribution in [0.2, 0.25) is 0 Å². The zero-order valence-corrected chi connectivity index (χ0v) is 13.2. The number of amides is 1. The Morgan fingerprint density at radius 1 is 1.24 bits per heavy atom. The predicted molar refractivity (Wildman–Crippen MR) is 91.3 cm³/mol. The molecule has 3 rings (SSSR count). The van der Waals surface area contributed by atoms with E-state index >= 15 is 0 Å². The van der Waals surface area contributed by atoms with Crippen molar-refractivity contribution in [3.63, 3.8) is 0 Å². The summed E-state index contributed by atoms with van der Waals surface area (Å²) in [7, 11) is 0. The summed E-state index contributed by atoms with van der Waals surface area (Å²) in [6.45, 7) is 1.79. The summed E-state index contributed by atoms with van der Waals surface area (Å²) in [5.74, 6) is 5.71. The van der Waals surface area contributed by atoms with Gasteiger partial charge in [-0.25, -0.2) is 5.84 Å². The number of nitro groups is 1. The molecule has 1 aromatic heterocycles. The summed E-state index contributed by atoms with van der Waals surface area (Å²) < 4.78 is 5.81. The number of fused-ring (bicyclic) bond motifs is 1.